The van der Waals surface area contributed by atoms with Crippen molar-refractivity contribution in [2.24, 2.45) is 0 Å². The molecule has 0 fully saturated rings. The Morgan fingerprint density at radius 3 is 2.19 bits per heavy atom. The Balaban J connectivity index is 1.91. The third kappa shape index (κ3) is 3.60. The van der Waals surface area contributed by atoms with E-state index in [1.165, 1.54) is 12.0 Å². The zero-order valence-corrected chi connectivity index (χ0v) is 18.4. The molecule has 2 amide bonds. The van der Waals surface area contributed by atoms with Crippen LogP contribution in [0.3, 0.4) is 0 Å². The van der Waals surface area contributed by atoms with E-state index in [1.807, 2.05) is 56.3 Å². The van der Waals surface area contributed by atoms with Gasteiger partial charge in [-0.15, -0.1) is 0 Å². The predicted molar refractivity (Wildman–Crippen MR) is 125 cm³/mol. The van der Waals surface area contributed by atoms with Crippen LogP contribution in [0.2, 0.25) is 0 Å². The van der Waals surface area contributed by atoms with E-state index in [-0.39, 0.29) is 11.3 Å². The first-order valence-corrected chi connectivity index (χ1v) is 10.2. The highest BCUT2D eigenvalue weighted by molar-refractivity contribution is 6.46. The molecule has 0 spiro atoms. The molecule has 0 atom stereocenters. The molecule has 3 aromatic carbocycles. The van der Waals surface area contributed by atoms with Gasteiger partial charge in [-0.3, -0.25) is 9.59 Å². The Hall–Kier alpha value is -4.06. The summed E-state index contributed by atoms with van der Waals surface area (Å²) in [5.41, 5.74) is 3.92. The number of imide groups is 1. The third-order valence-corrected chi connectivity index (χ3v) is 5.43. The number of ether oxygens (including phenoxy) is 2. The average Bonchev–Trinajstić information content (AvgIpc) is 3.03. The number of aryl methyl sites for hydroxylation is 2. The van der Waals surface area contributed by atoms with Crippen molar-refractivity contribution in [1.82, 2.24) is 0 Å². The van der Waals surface area contributed by atoms with Crippen molar-refractivity contribution < 1.29 is 19.1 Å². The van der Waals surface area contributed by atoms with Gasteiger partial charge in [-0.2, -0.15) is 0 Å². The van der Waals surface area contributed by atoms with Crippen molar-refractivity contribution in [1.29, 1.82) is 0 Å². The lowest BCUT2D eigenvalue weighted by molar-refractivity contribution is -0.120. The molecule has 0 radical (unpaired) electrons. The van der Waals surface area contributed by atoms with Gasteiger partial charge in [-0.05, 0) is 49.2 Å². The van der Waals surface area contributed by atoms with Crippen molar-refractivity contribution >= 4 is 28.8 Å². The molecule has 0 saturated carbocycles. The van der Waals surface area contributed by atoms with Crippen LogP contribution in [0, 0.1) is 13.8 Å². The Morgan fingerprint density at radius 2 is 1.47 bits per heavy atom. The minimum Gasteiger partial charge on any atom is -0.496 e. The number of hydrogen-bond acceptors (Lipinski definition) is 5. The summed E-state index contributed by atoms with van der Waals surface area (Å²) in [4.78, 5) is 28.5. The zero-order chi connectivity index (χ0) is 22.8. The fourth-order valence-electron chi connectivity index (χ4n) is 3.83. The van der Waals surface area contributed by atoms with Gasteiger partial charge in [-0.25, -0.2) is 4.90 Å². The highest BCUT2D eigenvalue weighted by Gasteiger charge is 2.41. The number of amides is 2. The second-order valence-corrected chi connectivity index (χ2v) is 7.51. The van der Waals surface area contributed by atoms with Crippen LogP contribution < -0.4 is 19.7 Å². The maximum absolute atomic E-state index is 13.7. The highest BCUT2D eigenvalue weighted by Crippen LogP contribution is 2.39. The largest absolute Gasteiger partial charge is 0.496 e. The molecule has 6 nitrogen and oxygen atoms in total. The van der Waals surface area contributed by atoms with Gasteiger partial charge < -0.3 is 14.8 Å². The minimum atomic E-state index is -0.436. The summed E-state index contributed by atoms with van der Waals surface area (Å²) in [5, 5.41) is 3.19. The van der Waals surface area contributed by atoms with Crippen LogP contribution in [0.4, 0.5) is 11.4 Å². The van der Waals surface area contributed by atoms with Crippen LogP contribution in [0.5, 0.6) is 11.5 Å². The van der Waals surface area contributed by atoms with E-state index in [1.54, 1.807) is 31.4 Å². The van der Waals surface area contributed by atoms with E-state index in [0.29, 0.717) is 28.4 Å². The molecule has 1 N–H and O–H groups in total. The minimum absolute atomic E-state index is 0.173. The third-order valence-electron chi connectivity index (χ3n) is 5.43. The molecule has 0 aliphatic carbocycles. The molecule has 162 valence electrons. The van der Waals surface area contributed by atoms with Gasteiger partial charge in [0, 0.05) is 5.56 Å². The summed E-state index contributed by atoms with van der Waals surface area (Å²) in [6, 6.07) is 20.1. The second kappa shape index (κ2) is 8.59. The smallest absolute Gasteiger partial charge is 0.282 e. The molecule has 0 aromatic heterocycles. The second-order valence-electron chi connectivity index (χ2n) is 7.51. The van der Waals surface area contributed by atoms with Crippen LogP contribution in [-0.4, -0.2) is 26.0 Å². The van der Waals surface area contributed by atoms with E-state index >= 15 is 0 Å². The first kappa shape index (κ1) is 21.2. The van der Waals surface area contributed by atoms with Gasteiger partial charge in [0.25, 0.3) is 11.8 Å². The molecule has 1 aliphatic heterocycles. The maximum Gasteiger partial charge on any atom is 0.282 e. The lowest BCUT2D eigenvalue weighted by atomic mass is 10.0. The van der Waals surface area contributed by atoms with Crippen LogP contribution in [0.15, 0.2) is 72.4 Å². The molecule has 0 bridgehead atoms. The number of carbonyl (C=O) groups is 2. The van der Waals surface area contributed by atoms with Gasteiger partial charge in [0.1, 0.15) is 17.2 Å². The summed E-state index contributed by atoms with van der Waals surface area (Å²) in [5.74, 6) is 0.222. The van der Waals surface area contributed by atoms with Crippen molar-refractivity contribution in [3.63, 3.8) is 0 Å². The average molecular weight is 428 g/mol. The van der Waals surface area contributed by atoms with Gasteiger partial charge in [0.2, 0.25) is 0 Å². The van der Waals surface area contributed by atoms with Crippen molar-refractivity contribution in [2.45, 2.75) is 13.8 Å². The molecule has 32 heavy (non-hydrogen) atoms. The molecule has 1 heterocycles. The summed E-state index contributed by atoms with van der Waals surface area (Å²) in [6.07, 6.45) is 0. The van der Waals surface area contributed by atoms with Crippen LogP contribution in [0.1, 0.15) is 16.7 Å². The number of carbonyl (C=O) groups excluding carboxylic acids is 2. The quantitative estimate of drug-likeness (QED) is 0.576. The summed E-state index contributed by atoms with van der Waals surface area (Å²) in [7, 11) is 3.10. The molecule has 3 aromatic rings. The maximum atomic E-state index is 13.7. The molecule has 0 saturated heterocycles. The Labute approximate surface area is 187 Å². The number of nitrogens with one attached hydrogen (secondary N) is 1. The van der Waals surface area contributed by atoms with Crippen LogP contribution in [-0.2, 0) is 9.59 Å². The molecule has 6 heteroatoms. The monoisotopic (exact) mass is 428 g/mol. The van der Waals surface area contributed by atoms with E-state index in [4.69, 9.17) is 9.47 Å². The van der Waals surface area contributed by atoms with Gasteiger partial charge in [-0.1, -0.05) is 42.5 Å². The number of rotatable bonds is 6. The van der Waals surface area contributed by atoms with E-state index < -0.39 is 11.8 Å². The SMILES string of the molecule is COc1ccc(C)cc1NC1=C(c2ccccc2OC)C(=O)N(c2ccccc2C)C1=O. The normalized spacial score (nSPS) is 13.6. The van der Waals surface area contributed by atoms with Crippen molar-refractivity contribution in [3.8, 4) is 11.5 Å². The van der Waals surface area contributed by atoms with E-state index in [9.17, 15) is 9.59 Å². The van der Waals surface area contributed by atoms with E-state index in [0.717, 1.165) is 11.1 Å². The Morgan fingerprint density at radius 1 is 0.781 bits per heavy atom. The summed E-state index contributed by atoms with van der Waals surface area (Å²) in [6.45, 7) is 3.81. The standard InChI is InChI=1S/C26H24N2O4/c1-16-13-14-22(32-4)19(15-16)27-24-23(18-10-6-8-12-21(18)31-3)25(29)28(26(24)30)20-11-7-5-9-17(20)2/h5-15,27H,1-4H3. The molecule has 4 rings (SSSR count). The first-order valence-electron chi connectivity index (χ1n) is 10.2. The van der Waals surface area contributed by atoms with Gasteiger partial charge >= 0.3 is 0 Å². The number of para-hydroxylation sites is 2. The van der Waals surface area contributed by atoms with Crippen LogP contribution >= 0.6 is 0 Å². The summed E-state index contributed by atoms with van der Waals surface area (Å²) < 4.78 is 11.0. The lowest BCUT2D eigenvalue weighted by Gasteiger charge is -2.18. The topological polar surface area (TPSA) is 67.9 Å². The van der Waals surface area contributed by atoms with Crippen molar-refractivity contribution in [2.75, 3.05) is 24.4 Å². The number of methoxy groups -OCH3 is 2. The molecular formula is C26H24N2O4. The molecule has 1 aliphatic rings. The Bertz CT molecular complexity index is 1250. The summed E-state index contributed by atoms with van der Waals surface area (Å²) >= 11 is 0. The molecular weight excluding hydrogens is 404 g/mol. The van der Waals surface area contributed by atoms with Crippen LogP contribution in [0.25, 0.3) is 5.57 Å². The van der Waals surface area contributed by atoms with Crippen molar-refractivity contribution in [3.05, 3.63) is 89.1 Å². The molecule has 0 unspecified atom stereocenters. The van der Waals surface area contributed by atoms with Gasteiger partial charge in [0.15, 0.2) is 0 Å². The number of nitrogens with zero attached hydrogens (tertiary/aromatic N) is 1. The number of benzene rings is 3. The number of hydrogen-bond donors (Lipinski definition) is 1. The fraction of sp³-hybridized carbons (Fsp3) is 0.154. The first-order chi connectivity index (χ1) is 15.5. The number of anilines is 2. The highest BCUT2D eigenvalue weighted by atomic mass is 16.5. The predicted octanol–water partition coefficient (Wildman–Crippen LogP) is 4.72. The van der Waals surface area contributed by atoms with Gasteiger partial charge in [0.05, 0.1) is 31.2 Å². The fourth-order valence-corrected chi connectivity index (χ4v) is 3.83. The lowest BCUT2D eigenvalue weighted by Crippen LogP contribution is -2.33. The zero-order valence-electron chi connectivity index (χ0n) is 18.4. The van der Waals surface area contributed by atoms with E-state index in [2.05, 4.69) is 5.32 Å². The Kier molecular flexibility index (Phi) is 5.69.